The molecule has 2 aromatic carbocycles. The van der Waals surface area contributed by atoms with Crippen molar-refractivity contribution in [2.24, 2.45) is 0 Å². The molecule has 5 nitrogen and oxygen atoms in total. The van der Waals surface area contributed by atoms with E-state index >= 15 is 0 Å². The van der Waals surface area contributed by atoms with Crippen LogP contribution in [-0.2, 0) is 17.7 Å². The second kappa shape index (κ2) is 7.95. The van der Waals surface area contributed by atoms with Crippen LogP contribution in [-0.4, -0.2) is 53.0 Å². The smallest absolute Gasteiger partial charge is 0.335 e. The van der Waals surface area contributed by atoms with Crippen LogP contribution in [0.4, 0.5) is 4.39 Å². The zero-order chi connectivity index (χ0) is 18.6. The number of carbonyl (C=O) groups is 1. The van der Waals surface area contributed by atoms with Crippen LogP contribution in [0.25, 0.3) is 0 Å². The Kier molecular flexibility index (Phi) is 5.66. The largest absolute Gasteiger partial charge is 0.478 e. The number of ether oxygens (including phenoxy) is 1. The van der Waals surface area contributed by atoms with E-state index in [0.717, 1.165) is 5.56 Å². The maximum Gasteiger partial charge on any atom is 0.335 e. The highest BCUT2D eigenvalue weighted by Gasteiger charge is 2.37. The predicted molar refractivity (Wildman–Crippen MR) is 94.6 cm³/mol. The molecule has 1 saturated heterocycles. The number of nitrogens with zero attached hydrogens (tertiary/aromatic N) is 1. The summed E-state index contributed by atoms with van der Waals surface area (Å²) in [6.45, 7) is 1.86. The van der Waals surface area contributed by atoms with E-state index in [1.807, 2.05) is 6.07 Å². The first-order chi connectivity index (χ1) is 12.5. The van der Waals surface area contributed by atoms with Crippen molar-refractivity contribution in [3.8, 4) is 0 Å². The van der Waals surface area contributed by atoms with E-state index in [-0.39, 0.29) is 24.4 Å². The molecule has 1 aliphatic rings. The molecule has 3 rings (SSSR count). The van der Waals surface area contributed by atoms with Gasteiger partial charge in [-0.1, -0.05) is 30.3 Å². The average molecular weight is 359 g/mol. The second-order valence-corrected chi connectivity index (χ2v) is 6.67. The van der Waals surface area contributed by atoms with E-state index in [4.69, 9.17) is 9.84 Å². The molecule has 1 aliphatic heterocycles. The van der Waals surface area contributed by atoms with Crippen molar-refractivity contribution >= 4 is 5.97 Å². The van der Waals surface area contributed by atoms with Gasteiger partial charge in [-0.2, -0.15) is 0 Å². The Morgan fingerprint density at radius 1 is 1.23 bits per heavy atom. The monoisotopic (exact) mass is 359 g/mol. The van der Waals surface area contributed by atoms with Gasteiger partial charge in [-0.25, -0.2) is 9.18 Å². The van der Waals surface area contributed by atoms with Gasteiger partial charge in [0.05, 0.1) is 18.8 Å². The summed E-state index contributed by atoms with van der Waals surface area (Å²) in [5.41, 5.74) is 0.765. The number of aromatic carboxylic acids is 1. The Morgan fingerprint density at radius 2 is 2.04 bits per heavy atom. The minimum atomic E-state index is -0.960. The van der Waals surface area contributed by atoms with E-state index in [1.54, 1.807) is 36.4 Å². The number of carboxylic acids is 1. The Bertz CT molecular complexity index is 782. The molecule has 0 aromatic heterocycles. The molecule has 0 amide bonds. The van der Waals surface area contributed by atoms with Crippen molar-refractivity contribution in [2.75, 3.05) is 26.3 Å². The number of benzene rings is 2. The van der Waals surface area contributed by atoms with E-state index in [0.29, 0.717) is 31.8 Å². The minimum Gasteiger partial charge on any atom is -0.478 e. The van der Waals surface area contributed by atoms with Crippen LogP contribution in [0.1, 0.15) is 21.5 Å². The summed E-state index contributed by atoms with van der Waals surface area (Å²) in [6, 6.07) is 13.3. The normalized spacial score (nSPS) is 20.8. The van der Waals surface area contributed by atoms with Crippen molar-refractivity contribution in [3.63, 3.8) is 0 Å². The number of carboxylic acid groups (broad SMARTS) is 1. The average Bonchev–Trinajstić information content (AvgIpc) is 2.64. The number of rotatable bonds is 6. The molecular weight excluding hydrogens is 337 g/mol. The predicted octanol–water partition coefficient (Wildman–Crippen LogP) is 2.33. The van der Waals surface area contributed by atoms with Crippen LogP contribution in [0.15, 0.2) is 48.5 Å². The topological polar surface area (TPSA) is 70.0 Å². The molecule has 1 atom stereocenters. The Morgan fingerprint density at radius 3 is 2.77 bits per heavy atom. The second-order valence-electron chi connectivity index (χ2n) is 6.67. The zero-order valence-corrected chi connectivity index (χ0v) is 14.4. The molecule has 0 radical (unpaired) electrons. The fourth-order valence-electron chi connectivity index (χ4n) is 3.37. The van der Waals surface area contributed by atoms with Crippen LogP contribution in [0, 0.1) is 5.82 Å². The van der Waals surface area contributed by atoms with Gasteiger partial charge in [0.2, 0.25) is 0 Å². The molecule has 26 heavy (non-hydrogen) atoms. The molecule has 138 valence electrons. The molecule has 1 fully saturated rings. The fourth-order valence-corrected chi connectivity index (χ4v) is 3.37. The molecular formula is C20H22FNO4. The summed E-state index contributed by atoms with van der Waals surface area (Å²) in [4.78, 5) is 13.2. The molecule has 0 unspecified atom stereocenters. The number of morpholine rings is 1. The number of aliphatic hydroxyl groups is 1. The van der Waals surface area contributed by atoms with E-state index < -0.39 is 11.6 Å². The summed E-state index contributed by atoms with van der Waals surface area (Å²) in [6.07, 6.45) is 0.280. The Balaban J connectivity index is 1.74. The first-order valence-corrected chi connectivity index (χ1v) is 8.54. The molecule has 0 aliphatic carbocycles. The summed E-state index contributed by atoms with van der Waals surface area (Å²) >= 11 is 0. The molecule has 2 aromatic rings. The molecule has 0 bridgehead atoms. The lowest BCUT2D eigenvalue weighted by molar-refractivity contribution is -0.134. The van der Waals surface area contributed by atoms with Gasteiger partial charge >= 0.3 is 5.97 Å². The van der Waals surface area contributed by atoms with Crippen LogP contribution in [0.2, 0.25) is 0 Å². The van der Waals surface area contributed by atoms with Crippen LogP contribution in [0.5, 0.6) is 0 Å². The first kappa shape index (κ1) is 18.5. The van der Waals surface area contributed by atoms with Gasteiger partial charge in [-0.05, 0) is 29.3 Å². The van der Waals surface area contributed by atoms with Gasteiger partial charge in [0.15, 0.2) is 0 Å². The Labute approximate surface area is 151 Å². The summed E-state index contributed by atoms with van der Waals surface area (Å²) in [5.74, 6) is -1.27. The number of hydrogen-bond donors (Lipinski definition) is 2. The zero-order valence-electron chi connectivity index (χ0n) is 14.4. The standard InChI is InChI=1S/C20H22FNO4/c21-18-7-2-1-5-17(18)11-20(14-23)13-22(8-9-26-20)12-15-4-3-6-16(10-15)19(24)25/h1-7,10,23H,8-9,11-14H2,(H,24,25)/t20-/m1/s1. The van der Waals surface area contributed by atoms with Gasteiger partial charge in [0.25, 0.3) is 0 Å². The fraction of sp³-hybridized carbons (Fsp3) is 0.350. The molecule has 2 N–H and O–H groups in total. The van der Waals surface area contributed by atoms with Gasteiger partial charge in [0.1, 0.15) is 11.4 Å². The lowest BCUT2D eigenvalue weighted by Gasteiger charge is -2.42. The lowest BCUT2D eigenvalue weighted by Crippen LogP contribution is -2.55. The van der Waals surface area contributed by atoms with E-state index in [2.05, 4.69) is 4.90 Å². The van der Waals surface area contributed by atoms with E-state index in [9.17, 15) is 14.3 Å². The van der Waals surface area contributed by atoms with Crippen molar-refractivity contribution in [1.82, 2.24) is 4.90 Å². The summed E-state index contributed by atoms with van der Waals surface area (Å²) < 4.78 is 19.9. The van der Waals surface area contributed by atoms with Gasteiger partial charge in [0, 0.05) is 26.1 Å². The molecule has 0 spiro atoms. The highest BCUT2D eigenvalue weighted by Crippen LogP contribution is 2.25. The third kappa shape index (κ3) is 4.27. The molecule has 1 heterocycles. The molecule has 6 heteroatoms. The SMILES string of the molecule is O=C(O)c1cccc(CN2CCO[C@](CO)(Cc3ccccc3F)C2)c1. The van der Waals surface area contributed by atoms with Crippen molar-refractivity contribution in [1.29, 1.82) is 0 Å². The Hall–Kier alpha value is -2.28. The quantitative estimate of drug-likeness (QED) is 0.828. The lowest BCUT2D eigenvalue weighted by atomic mass is 9.92. The van der Waals surface area contributed by atoms with Crippen LogP contribution >= 0.6 is 0 Å². The van der Waals surface area contributed by atoms with Crippen molar-refractivity contribution < 1.29 is 24.1 Å². The molecule has 0 saturated carbocycles. The number of halogens is 1. The van der Waals surface area contributed by atoms with Gasteiger partial charge in [-0.15, -0.1) is 0 Å². The highest BCUT2D eigenvalue weighted by molar-refractivity contribution is 5.87. The maximum atomic E-state index is 14.0. The third-order valence-corrected chi connectivity index (χ3v) is 4.67. The van der Waals surface area contributed by atoms with Gasteiger partial charge < -0.3 is 14.9 Å². The number of aliphatic hydroxyl groups excluding tert-OH is 1. The third-order valence-electron chi connectivity index (χ3n) is 4.67. The van der Waals surface area contributed by atoms with E-state index in [1.165, 1.54) is 6.07 Å². The van der Waals surface area contributed by atoms with Crippen LogP contribution < -0.4 is 0 Å². The minimum absolute atomic E-state index is 0.215. The summed E-state index contributed by atoms with van der Waals surface area (Å²) in [5, 5.41) is 19.1. The highest BCUT2D eigenvalue weighted by atomic mass is 19.1. The van der Waals surface area contributed by atoms with Gasteiger partial charge in [-0.3, -0.25) is 4.90 Å². The van der Waals surface area contributed by atoms with Crippen molar-refractivity contribution in [3.05, 3.63) is 71.0 Å². The first-order valence-electron chi connectivity index (χ1n) is 8.54. The summed E-state index contributed by atoms with van der Waals surface area (Å²) in [7, 11) is 0. The number of hydrogen-bond acceptors (Lipinski definition) is 4. The van der Waals surface area contributed by atoms with Crippen LogP contribution in [0.3, 0.4) is 0 Å². The maximum absolute atomic E-state index is 14.0. The van der Waals surface area contributed by atoms with Crippen molar-refractivity contribution in [2.45, 2.75) is 18.6 Å².